The Morgan fingerprint density at radius 3 is 2.38 bits per heavy atom. The number of hydrogen-bond acceptors (Lipinski definition) is 5. The Bertz CT molecular complexity index is 706. The first-order valence-electron chi connectivity index (χ1n) is 6.41. The van der Waals surface area contributed by atoms with Crippen molar-refractivity contribution in [3.8, 4) is 11.5 Å². The fourth-order valence-corrected chi connectivity index (χ4v) is 3.71. The van der Waals surface area contributed by atoms with Crippen LogP contribution in [0.2, 0.25) is 0 Å². The van der Waals surface area contributed by atoms with E-state index in [1.54, 1.807) is 13.0 Å². The minimum absolute atomic E-state index is 0.00948. The van der Waals surface area contributed by atoms with Crippen LogP contribution >= 0.6 is 0 Å². The first-order chi connectivity index (χ1) is 9.92. The highest BCUT2D eigenvalue weighted by Crippen LogP contribution is 2.41. The molecule has 1 aliphatic heterocycles. The average Bonchev–Trinajstić information content (AvgIpc) is 2.68. The van der Waals surface area contributed by atoms with Crippen molar-refractivity contribution in [3.05, 3.63) is 23.1 Å². The standard InChI is InChI=1S/C14H17NO5S/c1-4-15-14(16)5-9-8-21(17,18)13-7-12(20-3)11(19-2)6-10(9)13/h6-8H,4-5H2,1-3H3,(H,15,16). The summed E-state index contributed by atoms with van der Waals surface area (Å²) in [4.78, 5) is 11.8. The maximum absolute atomic E-state index is 12.2. The van der Waals surface area contributed by atoms with Crippen molar-refractivity contribution in [1.82, 2.24) is 5.32 Å². The lowest BCUT2D eigenvalue weighted by atomic mass is 10.0. The molecule has 7 heteroatoms. The molecule has 6 nitrogen and oxygen atoms in total. The van der Waals surface area contributed by atoms with Crippen molar-refractivity contribution < 1.29 is 22.7 Å². The fraction of sp³-hybridized carbons (Fsp3) is 0.357. The molecular formula is C14H17NO5S. The Morgan fingerprint density at radius 2 is 1.81 bits per heavy atom. The molecule has 0 spiro atoms. The van der Waals surface area contributed by atoms with E-state index in [2.05, 4.69) is 5.32 Å². The highest BCUT2D eigenvalue weighted by atomic mass is 32.2. The van der Waals surface area contributed by atoms with Gasteiger partial charge in [-0.15, -0.1) is 0 Å². The Balaban J connectivity index is 2.49. The van der Waals surface area contributed by atoms with Gasteiger partial charge >= 0.3 is 0 Å². The summed E-state index contributed by atoms with van der Waals surface area (Å²) >= 11 is 0. The first-order valence-corrected chi connectivity index (χ1v) is 7.96. The Hall–Kier alpha value is -2.02. The van der Waals surface area contributed by atoms with Crippen LogP contribution < -0.4 is 14.8 Å². The monoisotopic (exact) mass is 311 g/mol. The van der Waals surface area contributed by atoms with Gasteiger partial charge < -0.3 is 14.8 Å². The Morgan fingerprint density at radius 1 is 1.19 bits per heavy atom. The number of hydrogen-bond donors (Lipinski definition) is 1. The summed E-state index contributed by atoms with van der Waals surface area (Å²) in [7, 11) is -0.638. The van der Waals surface area contributed by atoms with Gasteiger partial charge in [-0.3, -0.25) is 4.79 Å². The minimum atomic E-state index is -3.55. The molecular weight excluding hydrogens is 294 g/mol. The number of benzene rings is 1. The van der Waals surface area contributed by atoms with E-state index >= 15 is 0 Å². The number of sulfone groups is 1. The van der Waals surface area contributed by atoms with E-state index in [0.717, 1.165) is 5.41 Å². The Kier molecular flexibility index (Phi) is 4.22. The van der Waals surface area contributed by atoms with Gasteiger partial charge in [-0.1, -0.05) is 0 Å². The lowest BCUT2D eigenvalue weighted by Crippen LogP contribution is -2.22. The Labute approximate surface area is 123 Å². The summed E-state index contributed by atoms with van der Waals surface area (Å²) in [6, 6.07) is 3.01. The number of fused-ring (bicyclic) bond motifs is 1. The summed E-state index contributed by atoms with van der Waals surface area (Å²) in [6.45, 7) is 2.30. The second kappa shape index (κ2) is 5.77. The van der Waals surface area contributed by atoms with E-state index in [1.165, 1.54) is 20.3 Å². The molecule has 1 amide bonds. The maximum Gasteiger partial charge on any atom is 0.224 e. The molecule has 1 heterocycles. The van der Waals surface area contributed by atoms with Crippen LogP contribution in [0.15, 0.2) is 22.4 Å². The molecule has 0 radical (unpaired) electrons. The van der Waals surface area contributed by atoms with E-state index in [9.17, 15) is 13.2 Å². The average molecular weight is 311 g/mol. The molecule has 1 aliphatic rings. The van der Waals surface area contributed by atoms with Gasteiger partial charge in [0, 0.05) is 23.6 Å². The number of carbonyl (C=O) groups is 1. The third-order valence-corrected chi connectivity index (χ3v) is 4.71. The van der Waals surface area contributed by atoms with Gasteiger partial charge in [0.1, 0.15) is 0 Å². The molecule has 0 aliphatic carbocycles. The smallest absolute Gasteiger partial charge is 0.224 e. The zero-order chi connectivity index (χ0) is 15.6. The number of amides is 1. The quantitative estimate of drug-likeness (QED) is 0.888. The lowest BCUT2D eigenvalue weighted by molar-refractivity contribution is -0.119. The molecule has 0 atom stereocenters. The van der Waals surface area contributed by atoms with Crippen LogP contribution in [0.5, 0.6) is 11.5 Å². The van der Waals surface area contributed by atoms with Crippen molar-refractivity contribution in [2.45, 2.75) is 18.2 Å². The topological polar surface area (TPSA) is 81.7 Å². The maximum atomic E-state index is 12.2. The van der Waals surface area contributed by atoms with Crippen LogP contribution in [0.1, 0.15) is 18.9 Å². The van der Waals surface area contributed by atoms with Gasteiger partial charge in [0.15, 0.2) is 11.5 Å². The molecule has 0 unspecified atom stereocenters. The normalized spacial score (nSPS) is 15.1. The number of nitrogens with one attached hydrogen (secondary N) is 1. The van der Waals surface area contributed by atoms with Gasteiger partial charge in [-0.2, -0.15) is 0 Å². The largest absolute Gasteiger partial charge is 0.493 e. The van der Waals surface area contributed by atoms with E-state index < -0.39 is 9.84 Å². The molecule has 0 fully saturated rings. The van der Waals surface area contributed by atoms with Gasteiger partial charge in [0.2, 0.25) is 15.7 Å². The molecule has 0 saturated heterocycles. The minimum Gasteiger partial charge on any atom is -0.493 e. The van der Waals surface area contributed by atoms with Crippen molar-refractivity contribution in [2.75, 3.05) is 20.8 Å². The zero-order valence-electron chi connectivity index (χ0n) is 12.1. The first kappa shape index (κ1) is 15.4. The van der Waals surface area contributed by atoms with Gasteiger partial charge in [0.25, 0.3) is 0 Å². The molecule has 114 valence electrons. The third-order valence-electron chi connectivity index (χ3n) is 3.16. The summed E-state index contributed by atoms with van der Waals surface area (Å²) in [6.07, 6.45) is 0.00948. The lowest BCUT2D eigenvalue weighted by Gasteiger charge is -2.11. The van der Waals surface area contributed by atoms with Crippen LogP contribution in [0.3, 0.4) is 0 Å². The van der Waals surface area contributed by atoms with Crippen molar-refractivity contribution in [2.24, 2.45) is 0 Å². The predicted octanol–water partition coefficient (Wildman–Crippen LogP) is 1.36. The van der Waals surface area contributed by atoms with E-state index in [4.69, 9.17) is 9.47 Å². The molecule has 2 rings (SSSR count). The number of carbonyl (C=O) groups excluding carboxylic acids is 1. The summed E-state index contributed by atoms with van der Waals surface area (Å²) in [5.41, 5.74) is 0.941. The molecule has 0 aromatic heterocycles. The SMILES string of the molecule is CCNC(=O)CC1=CS(=O)(=O)c2cc(OC)c(OC)cc21. The second-order valence-electron chi connectivity index (χ2n) is 4.52. The molecule has 1 aromatic carbocycles. The number of methoxy groups -OCH3 is 2. The van der Waals surface area contributed by atoms with Crippen LogP contribution in [-0.2, 0) is 14.6 Å². The van der Waals surface area contributed by atoms with E-state index in [0.29, 0.717) is 29.2 Å². The number of ether oxygens (including phenoxy) is 2. The molecule has 21 heavy (non-hydrogen) atoms. The molecule has 0 bridgehead atoms. The number of rotatable bonds is 5. The van der Waals surface area contributed by atoms with Crippen LogP contribution in [0.4, 0.5) is 0 Å². The fourth-order valence-electron chi connectivity index (χ4n) is 2.23. The van der Waals surface area contributed by atoms with Gasteiger partial charge in [-0.05, 0) is 18.6 Å². The van der Waals surface area contributed by atoms with Crippen molar-refractivity contribution in [1.29, 1.82) is 0 Å². The van der Waals surface area contributed by atoms with Crippen molar-refractivity contribution >= 4 is 21.3 Å². The van der Waals surface area contributed by atoms with Crippen LogP contribution in [0, 0.1) is 0 Å². The zero-order valence-corrected chi connectivity index (χ0v) is 12.9. The third kappa shape index (κ3) is 2.87. The summed E-state index contributed by atoms with van der Waals surface area (Å²) in [5.74, 6) is 0.546. The summed E-state index contributed by atoms with van der Waals surface area (Å²) < 4.78 is 34.6. The van der Waals surface area contributed by atoms with Crippen LogP contribution in [-0.4, -0.2) is 35.1 Å². The second-order valence-corrected chi connectivity index (χ2v) is 6.29. The van der Waals surface area contributed by atoms with Crippen molar-refractivity contribution in [3.63, 3.8) is 0 Å². The van der Waals surface area contributed by atoms with Gasteiger partial charge in [-0.25, -0.2) is 8.42 Å². The predicted molar refractivity (Wildman–Crippen MR) is 78.0 cm³/mol. The van der Waals surface area contributed by atoms with E-state index in [1.807, 2.05) is 0 Å². The highest BCUT2D eigenvalue weighted by Gasteiger charge is 2.30. The summed E-state index contributed by atoms with van der Waals surface area (Å²) in [5, 5.41) is 3.78. The highest BCUT2D eigenvalue weighted by molar-refractivity contribution is 7.95. The van der Waals surface area contributed by atoms with Crippen LogP contribution in [0.25, 0.3) is 5.57 Å². The van der Waals surface area contributed by atoms with E-state index in [-0.39, 0.29) is 17.2 Å². The van der Waals surface area contributed by atoms with Gasteiger partial charge in [0.05, 0.1) is 25.5 Å². The molecule has 1 aromatic rings. The molecule has 0 saturated carbocycles. The molecule has 1 N–H and O–H groups in total.